The van der Waals surface area contributed by atoms with Crippen molar-refractivity contribution in [3.63, 3.8) is 0 Å². The van der Waals surface area contributed by atoms with Crippen molar-refractivity contribution in [2.45, 2.75) is 32.6 Å². The SMILES string of the molecule is Cc1ncsc1CCN(C)C(=O)C1CCC(=O)N(CCCN2CCOCC2)C1. The number of hydrogen-bond donors (Lipinski definition) is 0. The summed E-state index contributed by atoms with van der Waals surface area (Å²) in [6.45, 7) is 8.53. The van der Waals surface area contributed by atoms with Gasteiger partial charge in [-0.2, -0.15) is 0 Å². The van der Waals surface area contributed by atoms with Crippen molar-refractivity contribution in [3.05, 3.63) is 16.1 Å². The maximum absolute atomic E-state index is 12.9. The molecular formula is C20H32N4O3S. The van der Waals surface area contributed by atoms with Gasteiger partial charge in [-0.05, 0) is 19.8 Å². The van der Waals surface area contributed by atoms with Crippen molar-refractivity contribution in [3.8, 4) is 0 Å². The van der Waals surface area contributed by atoms with Crippen molar-refractivity contribution in [2.75, 3.05) is 59.5 Å². The number of hydrogen-bond acceptors (Lipinski definition) is 6. The molecule has 0 bridgehead atoms. The summed E-state index contributed by atoms with van der Waals surface area (Å²) in [6, 6.07) is 0. The second kappa shape index (κ2) is 10.3. The molecular weight excluding hydrogens is 376 g/mol. The summed E-state index contributed by atoms with van der Waals surface area (Å²) >= 11 is 1.65. The number of amides is 2. The third kappa shape index (κ3) is 5.75. The maximum atomic E-state index is 12.9. The predicted octanol–water partition coefficient (Wildman–Crippen LogP) is 1.41. The molecule has 8 heteroatoms. The zero-order valence-electron chi connectivity index (χ0n) is 17.1. The van der Waals surface area contributed by atoms with E-state index in [1.54, 1.807) is 11.3 Å². The Morgan fingerprint density at radius 1 is 1.36 bits per heavy atom. The first-order valence-corrected chi connectivity index (χ1v) is 11.1. The minimum absolute atomic E-state index is 0.0753. The summed E-state index contributed by atoms with van der Waals surface area (Å²) < 4.78 is 5.37. The lowest BCUT2D eigenvalue weighted by atomic mass is 9.96. The molecule has 0 radical (unpaired) electrons. The maximum Gasteiger partial charge on any atom is 0.227 e. The average Bonchev–Trinajstić information content (AvgIpc) is 3.12. The minimum Gasteiger partial charge on any atom is -0.379 e. The zero-order chi connectivity index (χ0) is 19.9. The van der Waals surface area contributed by atoms with E-state index in [9.17, 15) is 9.59 Å². The molecule has 1 aromatic heterocycles. The van der Waals surface area contributed by atoms with E-state index in [1.165, 1.54) is 4.88 Å². The Hall–Kier alpha value is -1.51. The van der Waals surface area contributed by atoms with Gasteiger partial charge in [0.25, 0.3) is 0 Å². The third-order valence-corrected chi connectivity index (χ3v) is 6.75. The van der Waals surface area contributed by atoms with Crippen molar-refractivity contribution in [1.29, 1.82) is 0 Å². The Kier molecular flexibility index (Phi) is 7.82. The molecule has 2 saturated heterocycles. The Labute approximate surface area is 171 Å². The fourth-order valence-corrected chi connectivity index (χ4v) is 4.67. The second-order valence-corrected chi connectivity index (χ2v) is 8.69. The summed E-state index contributed by atoms with van der Waals surface area (Å²) in [7, 11) is 1.87. The van der Waals surface area contributed by atoms with E-state index in [4.69, 9.17) is 4.74 Å². The van der Waals surface area contributed by atoms with Crippen molar-refractivity contribution < 1.29 is 14.3 Å². The molecule has 2 aliphatic rings. The highest BCUT2D eigenvalue weighted by atomic mass is 32.1. The molecule has 0 saturated carbocycles. The number of morpholine rings is 1. The van der Waals surface area contributed by atoms with Gasteiger partial charge >= 0.3 is 0 Å². The van der Waals surface area contributed by atoms with Crippen LogP contribution >= 0.6 is 11.3 Å². The summed E-state index contributed by atoms with van der Waals surface area (Å²) in [5.41, 5.74) is 2.91. The van der Waals surface area contributed by atoms with E-state index >= 15 is 0 Å². The highest BCUT2D eigenvalue weighted by molar-refractivity contribution is 7.09. The summed E-state index contributed by atoms with van der Waals surface area (Å²) in [5.74, 6) is 0.274. The molecule has 0 aliphatic carbocycles. The molecule has 2 fully saturated rings. The molecule has 1 atom stereocenters. The molecule has 0 N–H and O–H groups in total. The van der Waals surface area contributed by atoms with Gasteiger partial charge in [-0.15, -0.1) is 11.3 Å². The smallest absolute Gasteiger partial charge is 0.227 e. The van der Waals surface area contributed by atoms with E-state index in [0.717, 1.165) is 57.9 Å². The average molecular weight is 409 g/mol. The molecule has 7 nitrogen and oxygen atoms in total. The number of thiazole rings is 1. The minimum atomic E-state index is -0.0753. The number of aromatic nitrogens is 1. The highest BCUT2D eigenvalue weighted by Crippen LogP contribution is 2.21. The molecule has 0 spiro atoms. The lowest BCUT2D eigenvalue weighted by Gasteiger charge is -2.34. The second-order valence-electron chi connectivity index (χ2n) is 7.75. The normalized spacial score (nSPS) is 21.1. The van der Waals surface area contributed by atoms with Crippen LogP contribution in [-0.4, -0.2) is 91.0 Å². The molecule has 2 amide bonds. The molecule has 1 unspecified atom stereocenters. The van der Waals surface area contributed by atoms with Gasteiger partial charge < -0.3 is 14.5 Å². The first kappa shape index (κ1) is 21.2. The molecule has 156 valence electrons. The van der Waals surface area contributed by atoms with Crippen LogP contribution in [0.5, 0.6) is 0 Å². The number of likely N-dealkylation sites (N-methyl/N-ethyl adjacent to an activating group) is 1. The van der Waals surface area contributed by atoms with E-state index in [0.29, 0.717) is 25.9 Å². The van der Waals surface area contributed by atoms with Gasteiger partial charge in [-0.25, -0.2) is 4.98 Å². The number of likely N-dealkylation sites (tertiary alicyclic amines) is 1. The number of carbonyl (C=O) groups is 2. The largest absolute Gasteiger partial charge is 0.379 e. The highest BCUT2D eigenvalue weighted by Gasteiger charge is 2.31. The van der Waals surface area contributed by atoms with Crippen molar-refractivity contribution in [1.82, 2.24) is 19.7 Å². The third-order valence-electron chi connectivity index (χ3n) is 5.75. The Morgan fingerprint density at radius 3 is 2.86 bits per heavy atom. The molecule has 3 rings (SSSR count). The quantitative estimate of drug-likeness (QED) is 0.651. The molecule has 0 aromatic carbocycles. The summed E-state index contributed by atoms with van der Waals surface area (Å²) in [4.78, 5) is 36.8. The van der Waals surface area contributed by atoms with Crippen LogP contribution < -0.4 is 0 Å². The Bertz CT molecular complexity index is 660. The van der Waals surface area contributed by atoms with Crippen LogP contribution in [0.25, 0.3) is 0 Å². The molecule has 3 heterocycles. The van der Waals surface area contributed by atoms with E-state index in [2.05, 4.69) is 9.88 Å². The summed E-state index contributed by atoms with van der Waals surface area (Å²) in [6.07, 6.45) is 2.94. The molecule has 28 heavy (non-hydrogen) atoms. The van der Waals surface area contributed by atoms with Crippen LogP contribution in [0.4, 0.5) is 0 Å². The van der Waals surface area contributed by atoms with Crippen LogP contribution in [-0.2, 0) is 20.7 Å². The standard InChI is InChI=1S/C20H32N4O3S/c1-16-18(28-15-21-16)6-9-22(2)20(26)17-4-5-19(25)24(14-17)8-3-7-23-10-12-27-13-11-23/h15,17H,3-14H2,1-2H3. The zero-order valence-corrected chi connectivity index (χ0v) is 17.9. The van der Waals surface area contributed by atoms with E-state index < -0.39 is 0 Å². The lowest BCUT2D eigenvalue weighted by molar-refractivity contribution is -0.142. The van der Waals surface area contributed by atoms with Gasteiger partial charge in [0, 0.05) is 64.0 Å². The van der Waals surface area contributed by atoms with Crippen LogP contribution in [0, 0.1) is 12.8 Å². The van der Waals surface area contributed by atoms with Gasteiger partial charge in [-0.3, -0.25) is 14.5 Å². The molecule has 2 aliphatic heterocycles. The van der Waals surface area contributed by atoms with Crippen LogP contribution in [0.15, 0.2) is 5.51 Å². The van der Waals surface area contributed by atoms with E-state index in [-0.39, 0.29) is 17.7 Å². The monoisotopic (exact) mass is 408 g/mol. The fourth-order valence-electron chi connectivity index (χ4n) is 3.90. The number of ether oxygens (including phenoxy) is 1. The fraction of sp³-hybridized carbons (Fsp3) is 0.750. The predicted molar refractivity (Wildman–Crippen MR) is 109 cm³/mol. The number of aryl methyl sites for hydroxylation is 1. The van der Waals surface area contributed by atoms with Crippen molar-refractivity contribution in [2.24, 2.45) is 5.92 Å². The molecule has 1 aromatic rings. The topological polar surface area (TPSA) is 66.0 Å². The van der Waals surface area contributed by atoms with Crippen LogP contribution in [0.3, 0.4) is 0 Å². The number of rotatable bonds is 8. The number of carbonyl (C=O) groups excluding carboxylic acids is 2. The van der Waals surface area contributed by atoms with Crippen LogP contribution in [0.1, 0.15) is 29.8 Å². The first-order chi connectivity index (χ1) is 13.5. The van der Waals surface area contributed by atoms with Gasteiger partial charge in [0.1, 0.15) is 0 Å². The van der Waals surface area contributed by atoms with E-state index in [1.807, 2.05) is 29.3 Å². The number of piperidine rings is 1. The van der Waals surface area contributed by atoms with Crippen LogP contribution in [0.2, 0.25) is 0 Å². The first-order valence-electron chi connectivity index (χ1n) is 10.3. The van der Waals surface area contributed by atoms with Gasteiger partial charge in [0.2, 0.25) is 11.8 Å². The number of nitrogens with zero attached hydrogens (tertiary/aromatic N) is 4. The van der Waals surface area contributed by atoms with Gasteiger partial charge in [0.15, 0.2) is 0 Å². The lowest BCUT2D eigenvalue weighted by Crippen LogP contribution is -2.47. The summed E-state index contributed by atoms with van der Waals surface area (Å²) in [5, 5.41) is 0. The van der Waals surface area contributed by atoms with Gasteiger partial charge in [0.05, 0.1) is 30.3 Å². The Morgan fingerprint density at radius 2 is 2.14 bits per heavy atom. The van der Waals surface area contributed by atoms with Gasteiger partial charge in [-0.1, -0.05) is 0 Å². The Balaban J connectivity index is 1.43. The van der Waals surface area contributed by atoms with Crippen molar-refractivity contribution >= 4 is 23.2 Å².